The number of ether oxygens (including phenoxy) is 1. The number of halogens is 1. The van der Waals surface area contributed by atoms with Gasteiger partial charge in [0.2, 0.25) is 0 Å². The molecule has 0 bridgehead atoms. The Hall–Kier alpha value is -1.42. The number of hydrogen-bond donors (Lipinski definition) is 1. The van der Waals surface area contributed by atoms with Gasteiger partial charge in [-0.1, -0.05) is 6.07 Å². The highest BCUT2D eigenvalue weighted by molar-refractivity contribution is 5.76. The second kappa shape index (κ2) is 4.85. The number of rotatable bonds is 4. The van der Waals surface area contributed by atoms with Crippen molar-refractivity contribution in [3.8, 4) is 0 Å². The van der Waals surface area contributed by atoms with Gasteiger partial charge < -0.3 is 9.84 Å². The summed E-state index contributed by atoms with van der Waals surface area (Å²) in [5.74, 6) is -0.679. The first-order valence-electron chi connectivity index (χ1n) is 7.13. The molecule has 1 N–H and O–H groups in total. The first-order valence-corrected chi connectivity index (χ1v) is 7.13. The predicted octanol–water partition coefficient (Wildman–Crippen LogP) is 2.95. The molecule has 1 aliphatic heterocycles. The number of aryl methyl sites for hydroxylation is 1. The lowest BCUT2D eigenvalue weighted by molar-refractivity contribution is -0.153. The Bertz CT molecular complexity index is 539. The molecule has 2 unspecified atom stereocenters. The van der Waals surface area contributed by atoms with Crippen LogP contribution < -0.4 is 0 Å². The van der Waals surface area contributed by atoms with E-state index in [1.54, 1.807) is 6.07 Å². The van der Waals surface area contributed by atoms with E-state index < -0.39 is 11.4 Å². The molecule has 0 amide bonds. The number of carbonyl (C=O) groups is 1. The van der Waals surface area contributed by atoms with Gasteiger partial charge in [-0.3, -0.25) is 4.79 Å². The van der Waals surface area contributed by atoms with Crippen LogP contribution in [-0.4, -0.2) is 23.8 Å². The number of benzene rings is 1. The molecule has 2 aliphatic rings. The predicted molar refractivity (Wildman–Crippen MR) is 72.0 cm³/mol. The fourth-order valence-electron chi connectivity index (χ4n) is 3.35. The zero-order chi connectivity index (χ0) is 14.3. The lowest BCUT2D eigenvalue weighted by atomic mass is 9.73. The van der Waals surface area contributed by atoms with Gasteiger partial charge >= 0.3 is 5.97 Å². The molecule has 1 aromatic rings. The molecule has 0 spiro atoms. The van der Waals surface area contributed by atoms with Gasteiger partial charge in [-0.25, -0.2) is 4.39 Å². The Morgan fingerprint density at radius 2 is 2.25 bits per heavy atom. The third-order valence-corrected chi connectivity index (χ3v) is 4.68. The maximum absolute atomic E-state index is 13.2. The standard InChI is InChI=1S/C16H19FO3/c1-10-8-13(17)5-4-12(10)9-16(15(18)19)6-7-20-14(16)11-2-3-11/h4-5,8,11,14H,2-3,6-7,9H2,1H3,(H,18,19). The van der Waals surface area contributed by atoms with Gasteiger partial charge in [0.05, 0.1) is 6.10 Å². The van der Waals surface area contributed by atoms with E-state index in [4.69, 9.17) is 4.74 Å². The third-order valence-electron chi connectivity index (χ3n) is 4.68. The average Bonchev–Trinajstić information content (AvgIpc) is 3.14. The van der Waals surface area contributed by atoms with E-state index in [1.807, 2.05) is 6.92 Å². The van der Waals surface area contributed by atoms with E-state index in [0.29, 0.717) is 25.4 Å². The van der Waals surface area contributed by atoms with Crippen LogP contribution in [0.2, 0.25) is 0 Å². The monoisotopic (exact) mass is 278 g/mol. The van der Waals surface area contributed by atoms with E-state index in [0.717, 1.165) is 24.0 Å². The molecule has 1 saturated heterocycles. The van der Waals surface area contributed by atoms with Crippen LogP contribution >= 0.6 is 0 Å². The molecule has 2 atom stereocenters. The number of hydrogen-bond acceptors (Lipinski definition) is 2. The molecule has 1 heterocycles. The highest BCUT2D eigenvalue weighted by Crippen LogP contribution is 2.49. The summed E-state index contributed by atoms with van der Waals surface area (Å²) in [4.78, 5) is 11.9. The maximum atomic E-state index is 13.2. The molecule has 3 rings (SSSR count). The Morgan fingerprint density at radius 1 is 1.50 bits per heavy atom. The fraction of sp³-hybridized carbons (Fsp3) is 0.562. The summed E-state index contributed by atoms with van der Waals surface area (Å²) in [5, 5.41) is 9.76. The molecular formula is C16H19FO3. The minimum Gasteiger partial charge on any atom is -0.481 e. The smallest absolute Gasteiger partial charge is 0.312 e. The van der Waals surface area contributed by atoms with Crippen LogP contribution in [0, 0.1) is 24.1 Å². The van der Waals surface area contributed by atoms with Crippen molar-refractivity contribution in [2.75, 3.05) is 6.61 Å². The normalized spacial score (nSPS) is 29.6. The summed E-state index contributed by atoms with van der Waals surface area (Å²) in [6.45, 7) is 2.34. The quantitative estimate of drug-likeness (QED) is 0.921. The fourth-order valence-corrected chi connectivity index (χ4v) is 3.35. The van der Waals surface area contributed by atoms with E-state index in [9.17, 15) is 14.3 Å². The summed E-state index contributed by atoms with van der Waals surface area (Å²) in [6.07, 6.45) is 2.89. The van der Waals surface area contributed by atoms with Crippen molar-refractivity contribution in [2.45, 2.75) is 38.7 Å². The average molecular weight is 278 g/mol. The zero-order valence-electron chi connectivity index (χ0n) is 11.6. The molecule has 2 fully saturated rings. The summed E-state index contributed by atoms with van der Waals surface area (Å²) in [7, 11) is 0. The van der Waals surface area contributed by atoms with E-state index in [1.165, 1.54) is 12.1 Å². The first-order chi connectivity index (χ1) is 9.53. The van der Waals surface area contributed by atoms with Crippen LogP contribution in [0.4, 0.5) is 4.39 Å². The Morgan fingerprint density at radius 3 is 2.85 bits per heavy atom. The second-order valence-corrected chi connectivity index (χ2v) is 6.09. The van der Waals surface area contributed by atoms with Gasteiger partial charge in [-0.2, -0.15) is 0 Å². The molecule has 1 aromatic carbocycles. The molecule has 3 nitrogen and oxygen atoms in total. The summed E-state index contributed by atoms with van der Waals surface area (Å²) in [5.41, 5.74) is 0.876. The summed E-state index contributed by atoms with van der Waals surface area (Å²) >= 11 is 0. The van der Waals surface area contributed by atoms with Gasteiger partial charge in [0.15, 0.2) is 0 Å². The largest absolute Gasteiger partial charge is 0.481 e. The minimum atomic E-state index is -0.843. The van der Waals surface area contributed by atoms with Crippen molar-refractivity contribution >= 4 is 5.97 Å². The van der Waals surface area contributed by atoms with Gasteiger partial charge in [0.1, 0.15) is 11.2 Å². The molecule has 0 radical (unpaired) electrons. The minimum absolute atomic E-state index is 0.190. The van der Waals surface area contributed by atoms with Crippen molar-refractivity contribution in [1.29, 1.82) is 0 Å². The van der Waals surface area contributed by atoms with Crippen LogP contribution in [-0.2, 0) is 16.0 Å². The lowest BCUT2D eigenvalue weighted by Crippen LogP contribution is -2.42. The van der Waals surface area contributed by atoms with Gasteiger partial charge in [0, 0.05) is 6.61 Å². The Labute approximate surface area is 117 Å². The van der Waals surface area contributed by atoms with E-state index in [-0.39, 0.29) is 11.9 Å². The number of carboxylic acid groups (broad SMARTS) is 1. The maximum Gasteiger partial charge on any atom is 0.312 e. The molecular weight excluding hydrogens is 259 g/mol. The molecule has 108 valence electrons. The number of aliphatic carboxylic acids is 1. The van der Waals surface area contributed by atoms with Crippen molar-refractivity contribution in [2.24, 2.45) is 11.3 Å². The Balaban J connectivity index is 1.92. The van der Waals surface area contributed by atoms with Crippen LogP contribution in [0.5, 0.6) is 0 Å². The van der Waals surface area contributed by atoms with Crippen molar-refractivity contribution < 1.29 is 19.0 Å². The van der Waals surface area contributed by atoms with Crippen LogP contribution in [0.1, 0.15) is 30.4 Å². The van der Waals surface area contributed by atoms with Crippen molar-refractivity contribution in [3.63, 3.8) is 0 Å². The SMILES string of the molecule is Cc1cc(F)ccc1CC1(C(=O)O)CCOC1C1CC1. The molecule has 1 aliphatic carbocycles. The highest BCUT2D eigenvalue weighted by Gasteiger charge is 2.55. The first kappa shape index (κ1) is 13.6. The van der Waals surface area contributed by atoms with E-state index in [2.05, 4.69) is 0 Å². The zero-order valence-corrected chi connectivity index (χ0v) is 11.6. The molecule has 20 heavy (non-hydrogen) atoms. The van der Waals surface area contributed by atoms with Gasteiger partial charge in [0.25, 0.3) is 0 Å². The summed E-state index contributed by atoms with van der Waals surface area (Å²) < 4.78 is 18.9. The lowest BCUT2D eigenvalue weighted by Gasteiger charge is -2.30. The topological polar surface area (TPSA) is 46.5 Å². The second-order valence-electron chi connectivity index (χ2n) is 6.09. The Kier molecular flexibility index (Phi) is 3.28. The molecule has 1 saturated carbocycles. The van der Waals surface area contributed by atoms with Crippen LogP contribution in [0.3, 0.4) is 0 Å². The third kappa shape index (κ3) is 2.22. The number of carboxylic acids is 1. The highest BCUT2D eigenvalue weighted by atomic mass is 19.1. The molecule has 4 heteroatoms. The molecule has 0 aromatic heterocycles. The van der Waals surface area contributed by atoms with Crippen LogP contribution in [0.25, 0.3) is 0 Å². The summed E-state index contributed by atoms with van der Waals surface area (Å²) in [6, 6.07) is 4.57. The van der Waals surface area contributed by atoms with Crippen LogP contribution in [0.15, 0.2) is 18.2 Å². The van der Waals surface area contributed by atoms with Crippen molar-refractivity contribution in [1.82, 2.24) is 0 Å². The van der Waals surface area contributed by atoms with Gasteiger partial charge in [-0.05, 0) is 61.8 Å². The van der Waals surface area contributed by atoms with Gasteiger partial charge in [-0.15, -0.1) is 0 Å². The van der Waals surface area contributed by atoms with Crippen molar-refractivity contribution in [3.05, 3.63) is 35.1 Å². The van der Waals surface area contributed by atoms with E-state index >= 15 is 0 Å².